The number of allylic oxidation sites excluding steroid dienone is 3. The SMILES string of the molecule is CC1=C(C)OCC1.CC1=C(C)OCO1. The first-order valence-electron chi connectivity index (χ1n) is 4.83. The Kier molecular flexibility index (Phi) is 3.86. The number of rotatable bonds is 0. The lowest BCUT2D eigenvalue weighted by molar-refractivity contribution is 0.0724. The van der Waals surface area contributed by atoms with Crippen LogP contribution in [0.1, 0.15) is 34.1 Å². The average molecular weight is 198 g/mol. The van der Waals surface area contributed by atoms with Gasteiger partial charge in [0.25, 0.3) is 0 Å². The number of ether oxygens (including phenoxy) is 3. The Hall–Kier alpha value is -1.12. The maximum atomic E-state index is 5.14. The molecule has 80 valence electrons. The Balaban J connectivity index is 0.000000140. The molecule has 2 aliphatic heterocycles. The van der Waals surface area contributed by atoms with Gasteiger partial charge in [-0.1, -0.05) is 0 Å². The fraction of sp³-hybridized carbons (Fsp3) is 0.636. The smallest absolute Gasteiger partial charge is 0.230 e. The molecular weight excluding hydrogens is 180 g/mol. The summed E-state index contributed by atoms with van der Waals surface area (Å²) in [6.07, 6.45) is 1.13. The summed E-state index contributed by atoms with van der Waals surface area (Å²) < 4.78 is 15.0. The van der Waals surface area contributed by atoms with Gasteiger partial charge in [-0.2, -0.15) is 0 Å². The van der Waals surface area contributed by atoms with Crippen molar-refractivity contribution >= 4 is 0 Å². The summed E-state index contributed by atoms with van der Waals surface area (Å²) in [5, 5.41) is 0. The van der Waals surface area contributed by atoms with E-state index < -0.39 is 0 Å². The van der Waals surface area contributed by atoms with Crippen LogP contribution in [-0.4, -0.2) is 13.4 Å². The molecule has 0 amide bonds. The quantitative estimate of drug-likeness (QED) is 0.599. The van der Waals surface area contributed by atoms with E-state index in [0.717, 1.165) is 30.3 Å². The molecule has 0 unspecified atom stereocenters. The van der Waals surface area contributed by atoms with Crippen molar-refractivity contribution in [1.82, 2.24) is 0 Å². The fourth-order valence-corrected chi connectivity index (χ4v) is 1.07. The molecule has 2 rings (SSSR count). The molecular formula is C11H18O3. The van der Waals surface area contributed by atoms with Gasteiger partial charge < -0.3 is 14.2 Å². The molecule has 0 spiro atoms. The molecule has 0 aliphatic carbocycles. The van der Waals surface area contributed by atoms with Crippen molar-refractivity contribution in [3.05, 3.63) is 22.9 Å². The fourth-order valence-electron chi connectivity index (χ4n) is 1.07. The van der Waals surface area contributed by atoms with Crippen LogP contribution in [0, 0.1) is 0 Å². The molecule has 3 heteroatoms. The van der Waals surface area contributed by atoms with Gasteiger partial charge in [0.2, 0.25) is 6.79 Å². The summed E-state index contributed by atoms with van der Waals surface area (Å²) >= 11 is 0. The van der Waals surface area contributed by atoms with E-state index in [4.69, 9.17) is 14.2 Å². The van der Waals surface area contributed by atoms with E-state index >= 15 is 0 Å². The van der Waals surface area contributed by atoms with E-state index in [1.54, 1.807) is 0 Å². The second-order valence-electron chi connectivity index (χ2n) is 3.45. The van der Waals surface area contributed by atoms with Crippen LogP contribution in [0.25, 0.3) is 0 Å². The van der Waals surface area contributed by atoms with Gasteiger partial charge >= 0.3 is 0 Å². The standard InChI is InChI=1S/C6H10O.C5H8O2/c1-5-3-4-7-6(5)2;1-4-5(2)7-3-6-4/h3-4H2,1-2H3;3H2,1-2H3. The minimum Gasteiger partial charge on any atom is -0.498 e. The largest absolute Gasteiger partial charge is 0.498 e. The second-order valence-corrected chi connectivity index (χ2v) is 3.45. The van der Waals surface area contributed by atoms with Crippen LogP contribution in [0.4, 0.5) is 0 Å². The lowest BCUT2D eigenvalue weighted by Gasteiger charge is -1.91. The Morgan fingerprint density at radius 2 is 1.36 bits per heavy atom. The van der Waals surface area contributed by atoms with Crippen molar-refractivity contribution in [1.29, 1.82) is 0 Å². The molecule has 0 N–H and O–H groups in total. The Labute approximate surface area is 85.3 Å². The van der Waals surface area contributed by atoms with Gasteiger partial charge in [0.05, 0.1) is 12.4 Å². The van der Waals surface area contributed by atoms with Gasteiger partial charge in [-0.3, -0.25) is 0 Å². The zero-order valence-corrected chi connectivity index (χ0v) is 9.35. The summed E-state index contributed by atoms with van der Waals surface area (Å²) in [5.41, 5.74) is 1.40. The van der Waals surface area contributed by atoms with Gasteiger partial charge in [0.15, 0.2) is 0 Å². The Bertz CT molecular complexity index is 212. The molecule has 0 saturated heterocycles. The van der Waals surface area contributed by atoms with Crippen LogP contribution in [0.5, 0.6) is 0 Å². The van der Waals surface area contributed by atoms with Gasteiger partial charge in [-0.25, -0.2) is 0 Å². The molecule has 0 aromatic carbocycles. The predicted octanol–water partition coefficient (Wildman–Crippen LogP) is 2.94. The summed E-state index contributed by atoms with van der Waals surface area (Å²) in [6, 6.07) is 0. The molecule has 0 aromatic heterocycles. The van der Waals surface area contributed by atoms with E-state index in [1.807, 2.05) is 20.8 Å². The molecule has 0 radical (unpaired) electrons. The monoisotopic (exact) mass is 198 g/mol. The Morgan fingerprint density at radius 3 is 1.50 bits per heavy atom. The third-order valence-electron chi connectivity index (χ3n) is 2.44. The zero-order chi connectivity index (χ0) is 10.6. The van der Waals surface area contributed by atoms with E-state index in [0.29, 0.717) is 6.79 Å². The first kappa shape index (κ1) is 11.0. The summed E-state index contributed by atoms with van der Waals surface area (Å²) in [5.74, 6) is 2.93. The molecule has 0 bridgehead atoms. The third-order valence-corrected chi connectivity index (χ3v) is 2.44. The first-order valence-corrected chi connectivity index (χ1v) is 4.83. The van der Waals surface area contributed by atoms with E-state index in [1.165, 1.54) is 5.57 Å². The maximum absolute atomic E-state index is 5.14. The van der Waals surface area contributed by atoms with Crippen LogP contribution < -0.4 is 0 Å². The highest BCUT2D eigenvalue weighted by Crippen LogP contribution is 2.16. The molecule has 2 aliphatic rings. The minimum atomic E-state index is 0.400. The lowest BCUT2D eigenvalue weighted by atomic mass is 10.2. The van der Waals surface area contributed by atoms with Crippen molar-refractivity contribution in [2.24, 2.45) is 0 Å². The molecule has 0 fully saturated rings. The topological polar surface area (TPSA) is 27.7 Å². The highest BCUT2D eigenvalue weighted by Gasteiger charge is 2.05. The van der Waals surface area contributed by atoms with Crippen LogP contribution in [0.3, 0.4) is 0 Å². The second kappa shape index (κ2) is 4.94. The maximum Gasteiger partial charge on any atom is 0.230 e. The van der Waals surface area contributed by atoms with Crippen LogP contribution in [0.15, 0.2) is 22.9 Å². The van der Waals surface area contributed by atoms with Crippen LogP contribution in [0.2, 0.25) is 0 Å². The van der Waals surface area contributed by atoms with Crippen molar-refractivity contribution in [2.75, 3.05) is 13.4 Å². The summed E-state index contributed by atoms with van der Waals surface area (Å²) in [6.45, 7) is 9.21. The van der Waals surface area contributed by atoms with E-state index in [2.05, 4.69) is 6.92 Å². The minimum absolute atomic E-state index is 0.400. The lowest BCUT2D eigenvalue weighted by Crippen LogP contribution is -1.79. The van der Waals surface area contributed by atoms with Crippen molar-refractivity contribution in [3.8, 4) is 0 Å². The van der Waals surface area contributed by atoms with E-state index in [9.17, 15) is 0 Å². The summed E-state index contributed by atoms with van der Waals surface area (Å²) in [7, 11) is 0. The van der Waals surface area contributed by atoms with Gasteiger partial charge in [0.1, 0.15) is 11.5 Å². The van der Waals surface area contributed by atoms with Crippen molar-refractivity contribution < 1.29 is 14.2 Å². The highest BCUT2D eigenvalue weighted by molar-refractivity contribution is 5.06. The normalized spacial score (nSPS) is 19.7. The molecule has 0 atom stereocenters. The number of hydrogen-bond donors (Lipinski definition) is 0. The molecule has 14 heavy (non-hydrogen) atoms. The molecule has 0 saturated carbocycles. The number of hydrogen-bond acceptors (Lipinski definition) is 3. The van der Waals surface area contributed by atoms with Crippen molar-refractivity contribution in [2.45, 2.75) is 34.1 Å². The first-order chi connectivity index (χ1) is 6.61. The van der Waals surface area contributed by atoms with Gasteiger partial charge in [0, 0.05) is 6.42 Å². The van der Waals surface area contributed by atoms with Crippen LogP contribution >= 0.6 is 0 Å². The Morgan fingerprint density at radius 1 is 0.786 bits per heavy atom. The highest BCUT2D eigenvalue weighted by atomic mass is 16.7. The average Bonchev–Trinajstić information content (AvgIpc) is 2.67. The summed E-state index contributed by atoms with van der Waals surface area (Å²) in [4.78, 5) is 0. The van der Waals surface area contributed by atoms with Gasteiger partial charge in [-0.05, 0) is 33.3 Å². The molecule has 0 aromatic rings. The molecule has 3 nitrogen and oxygen atoms in total. The molecule has 2 heterocycles. The zero-order valence-electron chi connectivity index (χ0n) is 9.35. The van der Waals surface area contributed by atoms with Crippen LogP contribution in [-0.2, 0) is 14.2 Å². The third kappa shape index (κ3) is 2.98. The van der Waals surface area contributed by atoms with Crippen molar-refractivity contribution in [3.63, 3.8) is 0 Å². The predicted molar refractivity (Wildman–Crippen MR) is 54.4 cm³/mol. The van der Waals surface area contributed by atoms with E-state index in [-0.39, 0.29) is 0 Å². The van der Waals surface area contributed by atoms with Gasteiger partial charge in [-0.15, -0.1) is 0 Å².